The average Bonchev–Trinajstić information content (AvgIpc) is 2.71. The number of aromatic hydroxyl groups is 1. The summed E-state index contributed by atoms with van der Waals surface area (Å²) in [5, 5.41) is 19.3. The molecule has 0 amide bonds. The summed E-state index contributed by atoms with van der Waals surface area (Å²) in [5.41, 5.74) is 0.589. The maximum atomic E-state index is 13.5. The Morgan fingerprint density at radius 3 is 2.45 bits per heavy atom. The molecule has 2 fully saturated rings. The molecular weight excluding hydrogens is 262 g/mol. The number of aliphatic hydroxyl groups is 1. The van der Waals surface area contributed by atoms with E-state index in [1.165, 1.54) is 12.1 Å². The quantitative estimate of drug-likeness (QED) is 0.824. The van der Waals surface area contributed by atoms with Gasteiger partial charge in [0.15, 0.2) is 17.4 Å². The molecule has 0 saturated heterocycles. The Labute approximate surface area is 117 Å². The third-order valence-corrected chi connectivity index (χ3v) is 5.59. The summed E-state index contributed by atoms with van der Waals surface area (Å²) in [5.74, 6) is -2.15. The minimum atomic E-state index is -0.898. The van der Waals surface area contributed by atoms with Crippen molar-refractivity contribution in [3.8, 4) is 5.75 Å². The number of aliphatic hydroxyl groups excluding tert-OH is 1. The third-order valence-electron chi connectivity index (χ3n) is 5.59. The first kappa shape index (κ1) is 13.8. The van der Waals surface area contributed by atoms with Crippen LogP contribution in [0.25, 0.3) is 0 Å². The first-order valence-corrected chi connectivity index (χ1v) is 7.28. The Bertz CT molecular complexity index is 508. The lowest BCUT2D eigenvalue weighted by Crippen LogP contribution is -2.37. The summed E-state index contributed by atoms with van der Waals surface area (Å²) in [6.45, 7) is 2.13. The highest BCUT2D eigenvalue weighted by Crippen LogP contribution is 2.55. The zero-order valence-electron chi connectivity index (χ0n) is 11.6. The topological polar surface area (TPSA) is 40.5 Å². The highest BCUT2D eigenvalue weighted by atomic mass is 19.1. The summed E-state index contributed by atoms with van der Waals surface area (Å²) in [7, 11) is 0. The van der Waals surface area contributed by atoms with Crippen LogP contribution >= 0.6 is 0 Å². The van der Waals surface area contributed by atoms with E-state index < -0.39 is 17.4 Å². The van der Waals surface area contributed by atoms with Crippen LogP contribution in [0.5, 0.6) is 5.75 Å². The van der Waals surface area contributed by atoms with Crippen LogP contribution < -0.4 is 0 Å². The van der Waals surface area contributed by atoms with Gasteiger partial charge in [-0.25, -0.2) is 8.78 Å². The molecular formula is C16H20F2O2. The number of halogens is 2. The molecule has 2 aliphatic carbocycles. The molecule has 20 heavy (non-hydrogen) atoms. The number of phenols is 1. The predicted octanol–water partition coefficient (Wildman–Crippen LogP) is 3.72. The van der Waals surface area contributed by atoms with Crippen molar-refractivity contribution in [2.45, 2.75) is 51.0 Å². The number of hydrogen-bond donors (Lipinski definition) is 2. The van der Waals surface area contributed by atoms with Gasteiger partial charge in [-0.3, -0.25) is 0 Å². The van der Waals surface area contributed by atoms with Gasteiger partial charge < -0.3 is 10.2 Å². The van der Waals surface area contributed by atoms with Crippen LogP contribution in [0.2, 0.25) is 0 Å². The fraction of sp³-hybridized carbons (Fsp3) is 0.625. The fourth-order valence-electron chi connectivity index (χ4n) is 4.12. The van der Waals surface area contributed by atoms with Crippen molar-refractivity contribution in [2.24, 2.45) is 11.3 Å². The molecule has 0 aliphatic heterocycles. The minimum absolute atomic E-state index is 0.0372. The Kier molecular flexibility index (Phi) is 3.24. The second kappa shape index (κ2) is 4.69. The Morgan fingerprint density at radius 1 is 1.15 bits per heavy atom. The summed E-state index contributed by atoms with van der Waals surface area (Å²) in [4.78, 5) is 0. The summed E-state index contributed by atoms with van der Waals surface area (Å²) in [6.07, 6.45) is 4.13. The standard InChI is InChI=1S/C16H20F2O2/c1-16-5-4-9(6-11(16)2-3-14(16)19)10-7-12(17)15(20)13(18)8-10/h7-9,11,14,19-20H,2-6H2,1H3/t9-,11+,14-,16-/m0/s1. The highest BCUT2D eigenvalue weighted by Gasteiger charge is 2.49. The normalized spacial score (nSPS) is 36.9. The second-order valence-corrected chi connectivity index (χ2v) is 6.60. The van der Waals surface area contributed by atoms with Crippen LogP contribution in [0, 0.1) is 23.0 Å². The van der Waals surface area contributed by atoms with Crippen LogP contribution in [0.1, 0.15) is 50.5 Å². The molecule has 4 heteroatoms. The third kappa shape index (κ3) is 2.01. The van der Waals surface area contributed by atoms with Gasteiger partial charge in [0.25, 0.3) is 0 Å². The Morgan fingerprint density at radius 2 is 1.80 bits per heavy atom. The Hall–Kier alpha value is -1.16. The van der Waals surface area contributed by atoms with E-state index in [2.05, 4.69) is 6.92 Å². The molecule has 0 radical (unpaired) electrons. The first-order chi connectivity index (χ1) is 9.41. The number of phenolic OH excluding ortho intramolecular Hbond substituents is 1. The zero-order chi connectivity index (χ0) is 14.5. The van der Waals surface area contributed by atoms with E-state index in [1.54, 1.807) is 0 Å². The zero-order valence-corrected chi connectivity index (χ0v) is 11.6. The monoisotopic (exact) mass is 282 g/mol. The molecule has 0 bridgehead atoms. The molecule has 110 valence electrons. The van der Waals surface area contributed by atoms with Crippen molar-refractivity contribution in [2.75, 3.05) is 0 Å². The van der Waals surface area contributed by atoms with E-state index >= 15 is 0 Å². The molecule has 1 aromatic rings. The van der Waals surface area contributed by atoms with Crippen LogP contribution in [-0.4, -0.2) is 16.3 Å². The number of benzene rings is 1. The van der Waals surface area contributed by atoms with Gasteiger partial charge in [-0.05, 0) is 67.1 Å². The van der Waals surface area contributed by atoms with E-state index in [0.717, 1.165) is 32.1 Å². The van der Waals surface area contributed by atoms with E-state index in [0.29, 0.717) is 11.5 Å². The van der Waals surface area contributed by atoms with Gasteiger partial charge in [0.2, 0.25) is 0 Å². The molecule has 2 nitrogen and oxygen atoms in total. The van der Waals surface area contributed by atoms with Crippen LogP contribution in [0.4, 0.5) is 8.78 Å². The van der Waals surface area contributed by atoms with Gasteiger partial charge >= 0.3 is 0 Å². The molecule has 0 heterocycles. The van der Waals surface area contributed by atoms with E-state index in [4.69, 9.17) is 0 Å². The lowest BCUT2D eigenvalue weighted by molar-refractivity contribution is 0.00866. The molecule has 2 saturated carbocycles. The molecule has 4 atom stereocenters. The molecule has 0 unspecified atom stereocenters. The molecule has 1 aromatic carbocycles. The van der Waals surface area contributed by atoms with Gasteiger partial charge in [0, 0.05) is 0 Å². The van der Waals surface area contributed by atoms with Gasteiger partial charge in [-0.15, -0.1) is 0 Å². The van der Waals surface area contributed by atoms with Crippen LogP contribution in [0.3, 0.4) is 0 Å². The van der Waals surface area contributed by atoms with Crippen molar-refractivity contribution in [1.29, 1.82) is 0 Å². The SMILES string of the molecule is C[C@]12CC[C@H](c3cc(F)c(O)c(F)c3)C[C@H]1CC[C@@H]2O. The first-order valence-electron chi connectivity index (χ1n) is 7.28. The van der Waals surface area contributed by atoms with Crippen molar-refractivity contribution < 1.29 is 19.0 Å². The number of hydrogen-bond acceptors (Lipinski definition) is 2. The maximum absolute atomic E-state index is 13.5. The van der Waals surface area contributed by atoms with Crippen molar-refractivity contribution in [3.05, 3.63) is 29.3 Å². The van der Waals surface area contributed by atoms with Crippen molar-refractivity contribution in [3.63, 3.8) is 0 Å². The smallest absolute Gasteiger partial charge is 0.187 e. The second-order valence-electron chi connectivity index (χ2n) is 6.60. The number of rotatable bonds is 1. The fourth-order valence-corrected chi connectivity index (χ4v) is 4.12. The molecule has 0 aromatic heterocycles. The summed E-state index contributed by atoms with van der Waals surface area (Å²) < 4.78 is 26.9. The van der Waals surface area contributed by atoms with E-state index in [9.17, 15) is 19.0 Å². The van der Waals surface area contributed by atoms with E-state index in [-0.39, 0.29) is 17.4 Å². The lowest BCUT2D eigenvalue weighted by atomic mass is 9.64. The number of fused-ring (bicyclic) bond motifs is 1. The van der Waals surface area contributed by atoms with Gasteiger partial charge in [0.05, 0.1) is 6.10 Å². The minimum Gasteiger partial charge on any atom is -0.503 e. The van der Waals surface area contributed by atoms with Crippen molar-refractivity contribution in [1.82, 2.24) is 0 Å². The highest BCUT2D eigenvalue weighted by molar-refractivity contribution is 5.32. The van der Waals surface area contributed by atoms with Gasteiger partial charge in [0.1, 0.15) is 0 Å². The van der Waals surface area contributed by atoms with Gasteiger partial charge in [-0.1, -0.05) is 6.92 Å². The lowest BCUT2D eigenvalue weighted by Gasteiger charge is -2.42. The van der Waals surface area contributed by atoms with Gasteiger partial charge in [-0.2, -0.15) is 0 Å². The average molecular weight is 282 g/mol. The molecule has 2 N–H and O–H groups in total. The molecule has 2 aliphatic rings. The molecule has 3 rings (SSSR count). The summed E-state index contributed by atoms with van der Waals surface area (Å²) >= 11 is 0. The Balaban J connectivity index is 1.84. The van der Waals surface area contributed by atoms with Crippen LogP contribution in [-0.2, 0) is 0 Å². The van der Waals surface area contributed by atoms with Crippen molar-refractivity contribution >= 4 is 0 Å². The van der Waals surface area contributed by atoms with Crippen LogP contribution in [0.15, 0.2) is 12.1 Å². The summed E-state index contributed by atoms with van der Waals surface area (Å²) in [6, 6.07) is 2.49. The largest absolute Gasteiger partial charge is 0.503 e. The van der Waals surface area contributed by atoms with E-state index in [1.807, 2.05) is 0 Å². The molecule has 0 spiro atoms. The predicted molar refractivity (Wildman–Crippen MR) is 71.5 cm³/mol. The maximum Gasteiger partial charge on any atom is 0.187 e.